The summed E-state index contributed by atoms with van der Waals surface area (Å²) < 4.78 is 0. The third kappa shape index (κ3) is 5.91. The van der Waals surface area contributed by atoms with Crippen LogP contribution in [0.1, 0.15) is 11.1 Å². The van der Waals surface area contributed by atoms with Gasteiger partial charge in [0.2, 0.25) is 0 Å². The topological polar surface area (TPSA) is 69.6 Å². The molecule has 3 N–H and O–H groups in total. The van der Waals surface area contributed by atoms with Crippen LogP contribution in [0, 0.1) is 13.8 Å². The SMILES string of the molecule is C=O.CNc1cccc(O)c1.Cc1cccc(O)c1C. The van der Waals surface area contributed by atoms with Crippen molar-refractivity contribution in [1.29, 1.82) is 0 Å². The summed E-state index contributed by atoms with van der Waals surface area (Å²) >= 11 is 0. The van der Waals surface area contributed by atoms with Crippen molar-refractivity contribution in [2.45, 2.75) is 13.8 Å². The van der Waals surface area contributed by atoms with E-state index in [0.717, 1.165) is 16.8 Å². The summed E-state index contributed by atoms with van der Waals surface area (Å²) in [6, 6.07) is 12.5. The van der Waals surface area contributed by atoms with Gasteiger partial charge in [0.15, 0.2) is 0 Å². The number of phenols is 2. The summed E-state index contributed by atoms with van der Waals surface area (Å²) in [7, 11) is 1.81. The van der Waals surface area contributed by atoms with Crippen LogP contribution in [0.5, 0.6) is 11.5 Å². The molecule has 0 spiro atoms. The second-order valence-corrected chi connectivity index (χ2v) is 4.02. The lowest BCUT2D eigenvalue weighted by molar-refractivity contribution is -0.0979. The Kier molecular flexibility index (Phi) is 8.27. The van der Waals surface area contributed by atoms with Crippen molar-refractivity contribution in [2.75, 3.05) is 12.4 Å². The van der Waals surface area contributed by atoms with E-state index in [0.29, 0.717) is 11.5 Å². The maximum absolute atomic E-state index is 9.10. The Balaban J connectivity index is 0.000000321. The normalized spacial score (nSPS) is 8.55. The van der Waals surface area contributed by atoms with E-state index in [1.807, 2.05) is 45.9 Å². The van der Waals surface area contributed by atoms with Crippen LogP contribution < -0.4 is 5.32 Å². The predicted octanol–water partition coefficient (Wildman–Crippen LogP) is 3.26. The van der Waals surface area contributed by atoms with E-state index in [1.165, 1.54) is 0 Å². The van der Waals surface area contributed by atoms with Gasteiger partial charge >= 0.3 is 0 Å². The fraction of sp³-hybridized carbons (Fsp3) is 0.188. The van der Waals surface area contributed by atoms with Gasteiger partial charge in [-0.05, 0) is 43.2 Å². The van der Waals surface area contributed by atoms with Gasteiger partial charge in [0, 0.05) is 18.8 Å². The molecule has 0 unspecified atom stereocenters. The average Bonchev–Trinajstić information content (AvgIpc) is 2.47. The maximum Gasteiger partial charge on any atom is 0.118 e. The van der Waals surface area contributed by atoms with Gasteiger partial charge in [-0.15, -0.1) is 0 Å². The number of hydrogen-bond acceptors (Lipinski definition) is 4. The van der Waals surface area contributed by atoms with Gasteiger partial charge in [0.25, 0.3) is 0 Å². The van der Waals surface area contributed by atoms with Crippen molar-refractivity contribution in [3.8, 4) is 11.5 Å². The molecule has 20 heavy (non-hydrogen) atoms. The van der Waals surface area contributed by atoms with Crippen LogP contribution in [0.2, 0.25) is 0 Å². The molecule has 2 rings (SSSR count). The lowest BCUT2D eigenvalue weighted by Crippen LogP contribution is -1.85. The van der Waals surface area contributed by atoms with Crippen molar-refractivity contribution < 1.29 is 15.0 Å². The Morgan fingerprint density at radius 3 is 2.00 bits per heavy atom. The molecule has 0 aliphatic carbocycles. The first-order valence-electron chi connectivity index (χ1n) is 6.05. The molecular formula is C16H21NO3. The Morgan fingerprint density at radius 2 is 1.60 bits per heavy atom. The maximum atomic E-state index is 9.10. The molecule has 0 bridgehead atoms. The van der Waals surface area contributed by atoms with Gasteiger partial charge in [-0.1, -0.05) is 18.2 Å². The first-order valence-corrected chi connectivity index (χ1v) is 6.05. The number of aryl methyl sites for hydroxylation is 1. The molecule has 0 saturated heterocycles. The lowest BCUT2D eigenvalue weighted by Gasteiger charge is -1.99. The standard InChI is InChI=1S/C8H10O.C7H9NO.CH2O/c1-6-4-3-5-8(9)7(6)2;1-8-6-3-2-4-7(9)5-6;1-2/h3-5,9H,1-2H3;2-5,8-9H,1H3;1H2. The molecule has 108 valence electrons. The smallest absolute Gasteiger partial charge is 0.118 e. The highest BCUT2D eigenvalue weighted by atomic mass is 16.3. The van der Waals surface area contributed by atoms with Gasteiger partial charge in [-0.2, -0.15) is 0 Å². The minimum absolute atomic E-state index is 0.293. The minimum Gasteiger partial charge on any atom is -0.508 e. The number of benzene rings is 2. The van der Waals surface area contributed by atoms with Crippen LogP contribution in [-0.4, -0.2) is 24.0 Å². The molecule has 0 radical (unpaired) electrons. The molecule has 2 aromatic rings. The minimum atomic E-state index is 0.293. The molecule has 4 heteroatoms. The molecule has 2 aromatic carbocycles. The van der Waals surface area contributed by atoms with Crippen LogP contribution in [0.15, 0.2) is 42.5 Å². The molecule has 0 saturated carbocycles. The Bertz CT molecular complexity index is 507. The number of phenolic OH excluding ortho intramolecular Hbond substituents is 2. The van der Waals surface area contributed by atoms with Crippen molar-refractivity contribution in [1.82, 2.24) is 0 Å². The van der Waals surface area contributed by atoms with E-state index in [1.54, 1.807) is 24.3 Å². The second kappa shape index (κ2) is 9.44. The number of nitrogens with one attached hydrogen (secondary N) is 1. The number of anilines is 1. The summed E-state index contributed by atoms with van der Waals surface area (Å²) in [5.41, 5.74) is 3.03. The van der Waals surface area contributed by atoms with Gasteiger partial charge in [0.1, 0.15) is 18.3 Å². The van der Waals surface area contributed by atoms with E-state index >= 15 is 0 Å². The Morgan fingerprint density at radius 1 is 1.00 bits per heavy atom. The van der Waals surface area contributed by atoms with Crippen LogP contribution >= 0.6 is 0 Å². The fourth-order valence-electron chi connectivity index (χ4n) is 1.40. The number of aromatic hydroxyl groups is 2. The van der Waals surface area contributed by atoms with Gasteiger partial charge in [-0.25, -0.2) is 0 Å². The monoisotopic (exact) mass is 275 g/mol. The molecule has 0 aliphatic heterocycles. The summed E-state index contributed by atoms with van der Waals surface area (Å²) in [6.45, 7) is 5.89. The summed E-state index contributed by atoms with van der Waals surface area (Å²) in [4.78, 5) is 8.00. The van der Waals surface area contributed by atoms with E-state index in [2.05, 4.69) is 5.32 Å². The number of carbonyl (C=O) groups excluding carboxylic acids is 1. The number of hydrogen-bond donors (Lipinski definition) is 3. The third-order valence-corrected chi connectivity index (χ3v) is 2.71. The predicted molar refractivity (Wildman–Crippen MR) is 82.4 cm³/mol. The zero-order chi connectivity index (χ0) is 15.5. The van der Waals surface area contributed by atoms with E-state index in [-0.39, 0.29) is 0 Å². The van der Waals surface area contributed by atoms with Crippen molar-refractivity contribution >= 4 is 12.5 Å². The fourth-order valence-corrected chi connectivity index (χ4v) is 1.40. The average molecular weight is 275 g/mol. The van der Waals surface area contributed by atoms with Gasteiger partial charge in [-0.3, -0.25) is 0 Å². The van der Waals surface area contributed by atoms with Gasteiger partial charge < -0.3 is 20.3 Å². The van der Waals surface area contributed by atoms with E-state index < -0.39 is 0 Å². The zero-order valence-corrected chi connectivity index (χ0v) is 12.1. The van der Waals surface area contributed by atoms with Crippen molar-refractivity contribution in [2.24, 2.45) is 0 Å². The van der Waals surface area contributed by atoms with Crippen LogP contribution in [0.3, 0.4) is 0 Å². The highest BCUT2D eigenvalue weighted by Crippen LogP contribution is 2.17. The first-order chi connectivity index (χ1) is 9.54. The summed E-state index contributed by atoms with van der Waals surface area (Å²) in [5, 5.41) is 20.9. The molecule has 0 amide bonds. The van der Waals surface area contributed by atoms with Crippen LogP contribution in [0.25, 0.3) is 0 Å². The molecule has 0 heterocycles. The van der Waals surface area contributed by atoms with Gasteiger partial charge in [0.05, 0.1) is 0 Å². The Labute approximate surface area is 119 Å². The lowest BCUT2D eigenvalue weighted by atomic mass is 10.1. The molecule has 0 atom stereocenters. The van der Waals surface area contributed by atoms with Crippen molar-refractivity contribution in [3.05, 3.63) is 53.6 Å². The quantitative estimate of drug-likeness (QED) is 0.747. The summed E-state index contributed by atoms with van der Waals surface area (Å²) in [6.07, 6.45) is 0. The largest absolute Gasteiger partial charge is 0.508 e. The first kappa shape index (κ1) is 17.5. The number of rotatable bonds is 1. The highest BCUT2D eigenvalue weighted by Gasteiger charge is 1.94. The second-order valence-electron chi connectivity index (χ2n) is 4.02. The zero-order valence-electron chi connectivity index (χ0n) is 12.1. The van der Waals surface area contributed by atoms with Crippen LogP contribution in [-0.2, 0) is 4.79 Å². The van der Waals surface area contributed by atoms with Crippen molar-refractivity contribution in [3.63, 3.8) is 0 Å². The van der Waals surface area contributed by atoms with E-state index in [4.69, 9.17) is 15.0 Å². The Hall–Kier alpha value is -2.49. The van der Waals surface area contributed by atoms with E-state index in [9.17, 15) is 0 Å². The molecule has 4 nitrogen and oxygen atoms in total. The highest BCUT2D eigenvalue weighted by molar-refractivity contribution is 5.46. The summed E-state index contributed by atoms with van der Waals surface area (Å²) in [5.74, 6) is 0.678. The number of carbonyl (C=O) groups is 1. The molecule has 0 fully saturated rings. The molecule has 0 aliphatic rings. The third-order valence-electron chi connectivity index (χ3n) is 2.71. The molecule has 0 aromatic heterocycles. The molecular weight excluding hydrogens is 254 g/mol. The van der Waals surface area contributed by atoms with Crippen LogP contribution in [0.4, 0.5) is 5.69 Å².